The van der Waals surface area contributed by atoms with Gasteiger partial charge < -0.3 is 9.84 Å². The molecule has 0 aliphatic carbocycles. The number of aromatic nitrogens is 1. The molecule has 0 aliphatic heterocycles. The second-order valence-corrected chi connectivity index (χ2v) is 6.96. The number of thioether (sulfide) groups is 1. The Hall–Kier alpha value is -2.97. The van der Waals surface area contributed by atoms with Gasteiger partial charge in [-0.25, -0.2) is 0 Å². The largest absolute Gasteiger partial charge is 0.361 e. The van der Waals surface area contributed by atoms with Crippen molar-refractivity contribution in [2.75, 3.05) is 6.54 Å². The normalized spacial score (nSPS) is 10.1. The minimum atomic E-state index is -0.126. The fourth-order valence-corrected chi connectivity index (χ4v) is 3.73. The topological polar surface area (TPSA) is 55.1 Å². The van der Waals surface area contributed by atoms with Crippen LogP contribution in [0, 0.1) is 25.7 Å². The van der Waals surface area contributed by atoms with E-state index in [1.807, 2.05) is 68.4 Å². The van der Waals surface area contributed by atoms with Gasteiger partial charge in [-0.3, -0.25) is 4.79 Å². The molecule has 1 heterocycles. The Morgan fingerprint density at radius 1 is 1.11 bits per heavy atom. The molecule has 1 N–H and O–H groups in total. The van der Waals surface area contributed by atoms with Crippen LogP contribution in [0.2, 0.25) is 0 Å². The summed E-state index contributed by atoms with van der Waals surface area (Å²) in [5.74, 6) is 7.42. The highest BCUT2D eigenvalue weighted by atomic mass is 32.2. The number of benzene rings is 2. The van der Waals surface area contributed by atoms with Gasteiger partial charge in [-0.1, -0.05) is 47.3 Å². The second kappa shape index (κ2) is 9.11. The molecular formula is C22H20N2O2S. The Kier molecular flexibility index (Phi) is 6.35. The molecule has 4 nitrogen and oxygen atoms in total. The summed E-state index contributed by atoms with van der Waals surface area (Å²) in [6.45, 7) is 4.13. The zero-order valence-electron chi connectivity index (χ0n) is 15.3. The molecule has 0 radical (unpaired) electrons. The van der Waals surface area contributed by atoms with Gasteiger partial charge in [0.1, 0.15) is 5.76 Å². The lowest BCUT2D eigenvalue weighted by atomic mass is 10.2. The van der Waals surface area contributed by atoms with Crippen LogP contribution in [0.3, 0.4) is 0 Å². The van der Waals surface area contributed by atoms with Crippen molar-refractivity contribution >= 4 is 17.7 Å². The molecule has 3 rings (SSSR count). The summed E-state index contributed by atoms with van der Waals surface area (Å²) in [4.78, 5) is 13.5. The highest BCUT2D eigenvalue weighted by molar-refractivity contribution is 7.98. The maximum atomic E-state index is 12.5. The Labute approximate surface area is 163 Å². The van der Waals surface area contributed by atoms with Crippen molar-refractivity contribution in [3.8, 4) is 11.8 Å². The first kappa shape index (κ1) is 18.8. The van der Waals surface area contributed by atoms with Crippen LogP contribution >= 0.6 is 11.8 Å². The fourth-order valence-electron chi connectivity index (χ4n) is 2.53. The Morgan fingerprint density at radius 2 is 1.85 bits per heavy atom. The van der Waals surface area contributed by atoms with Gasteiger partial charge in [-0.15, -0.1) is 11.8 Å². The fraction of sp³-hybridized carbons (Fsp3) is 0.182. The van der Waals surface area contributed by atoms with E-state index in [0.29, 0.717) is 17.9 Å². The van der Waals surface area contributed by atoms with Gasteiger partial charge in [-0.2, -0.15) is 0 Å². The summed E-state index contributed by atoms with van der Waals surface area (Å²) >= 11 is 1.60. The third kappa shape index (κ3) is 5.02. The molecule has 0 spiro atoms. The first-order valence-electron chi connectivity index (χ1n) is 8.61. The number of carbonyl (C=O) groups excluding carboxylic acids is 1. The number of amides is 1. The van der Waals surface area contributed by atoms with E-state index in [1.165, 1.54) is 0 Å². The molecule has 0 aliphatic rings. The summed E-state index contributed by atoms with van der Waals surface area (Å²) in [5, 5.41) is 6.85. The molecule has 5 heteroatoms. The van der Waals surface area contributed by atoms with Crippen LogP contribution in [0.1, 0.15) is 32.9 Å². The van der Waals surface area contributed by atoms with Crippen LogP contribution in [0.15, 0.2) is 64.0 Å². The van der Waals surface area contributed by atoms with E-state index in [0.717, 1.165) is 27.5 Å². The van der Waals surface area contributed by atoms with Crippen molar-refractivity contribution < 1.29 is 9.32 Å². The molecule has 1 amide bonds. The third-order valence-corrected chi connectivity index (χ3v) is 5.13. The number of rotatable bonds is 5. The standard InChI is InChI=1S/C22H20N2O2S/c1-16-20(17(2)26-24-16)15-27-21-13-7-6-12-19(21)22(25)23-14-8-11-18-9-4-3-5-10-18/h3-7,9-10,12-13H,14-15H2,1-2H3,(H,23,25). The van der Waals surface area contributed by atoms with E-state index < -0.39 is 0 Å². The van der Waals surface area contributed by atoms with Crippen molar-refractivity contribution in [1.82, 2.24) is 10.5 Å². The lowest BCUT2D eigenvalue weighted by molar-refractivity contribution is 0.0956. The molecule has 0 atom stereocenters. The van der Waals surface area contributed by atoms with Gasteiger partial charge in [0.15, 0.2) is 0 Å². The molecule has 0 bridgehead atoms. The van der Waals surface area contributed by atoms with Crippen LogP contribution in [0.4, 0.5) is 0 Å². The average Bonchev–Trinajstić information content (AvgIpc) is 3.02. The summed E-state index contributed by atoms with van der Waals surface area (Å²) < 4.78 is 5.21. The predicted octanol–water partition coefficient (Wildman–Crippen LogP) is 4.37. The van der Waals surface area contributed by atoms with Crippen molar-refractivity contribution in [1.29, 1.82) is 0 Å². The molecule has 1 aromatic heterocycles. The average molecular weight is 376 g/mol. The van der Waals surface area contributed by atoms with E-state index in [2.05, 4.69) is 22.3 Å². The third-order valence-electron chi connectivity index (χ3n) is 4.03. The van der Waals surface area contributed by atoms with Crippen LogP contribution in [0.25, 0.3) is 0 Å². The van der Waals surface area contributed by atoms with Gasteiger partial charge in [0.2, 0.25) is 0 Å². The Morgan fingerprint density at radius 3 is 2.59 bits per heavy atom. The summed E-state index contributed by atoms with van der Waals surface area (Å²) in [6, 6.07) is 17.3. The van der Waals surface area contributed by atoms with E-state index in [1.54, 1.807) is 11.8 Å². The zero-order valence-corrected chi connectivity index (χ0v) is 16.1. The zero-order chi connectivity index (χ0) is 19.1. The van der Waals surface area contributed by atoms with Crippen molar-refractivity contribution in [3.63, 3.8) is 0 Å². The Bertz CT molecular complexity index is 965. The molecule has 0 saturated heterocycles. The van der Waals surface area contributed by atoms with E-state index in [4.69, 9.17) is 4.52 Å². The number of nitrogens with zero attached hydrogens (tertiary/aromatic N) is 1. The SMILES string of the molecule is Cc1noc(C)c1CSc1ccccc1C(=O)NCC#Cc1ccccc1. The maximum absolute atomic E-state index is 12.5. The quantitative estimate of drug-likeness (QED) is 0.531. The number of aryl methyl sites for hydroxylation is 2. The highest BCUT2D eigenvalue weighted by Crippen LogP contribution is 2.28. The minimum Gasteiger partial charge on any atom is -0.361 e. The van der Waals surface area contributed by atoms with E-state index in [-0.39, 0.29) is 5.91 Å². The number of carbonyl (C=O) groups is 1. The number of hydrogen-bond acceptors (Lipinski definition) is 4. The first-order chi connectivity index (χ1) is 13.1. The molecule has 2 aromatic carbocycles. The summed E-state index contributed by atoms with van der Waals surface area (Å²) in [5.41, 5.74) is 3.54. The predicted molar refractivity (Wildman–Crippen MR) is 108 cm³/mol. The lowest BCUT2D eigenvalue weighted by Gasteiger charge is -2.08. The van der Waals surface area contributed by atoms with Gasteiger partial charge in [0, 0.05) is 21.8 Å². The van der Waals surface area contributed by atoms with Crippen LogP contribution < -0.4 is 5.32 Å². The van der Waals surface area contributed by atoms with Crippen molar-refractivity contribution in [2.24, 2.45) is 0 Å². The second-order valence-electron chi connectivity index (χ2n) is 5.94. The van der Waals surface area contributed by atoms with E-state index in [9.17, 15) is 4.79 Å². The van der Waals surface area contributed by atoms with Gasteiger partial charge >= 0.3 is 0 Å². The van der Waals surface area contributed by atoms with Gasteiger partial charge in [0.05, 0.1) is 17.8 Å². The molecule has 0 saturated carbocycles. The number of nitrogens with one attached hydrogen (secondary N) is 1. The Balaban J connectivity index is 1.63. The van der Waals surface area contributed by atoms with E-state index >= 15 is 0 Å². The van der Waals surface area contributed by atoms with Crippen molar-refractivity contribution in [2.45, 2.75) is 24.5 Å². The maximum Gasteiger partial charge on any atom is 0.253 e. The minimum absolute atomic E-state index is 0.126. The van der Waals surface area contributed by atoms with Gasteiger partial charge in [0.25, 0.3) is 5.91 Å². The van der Waals surface area contributed by atoms with Crippen LogP contribution in [-0.2, 0) is 5.75 Å². The summed E-state index contributed by atoms with van der Waals surface area (Å²) in [7, 11) is 0. The molecular weight excluding hydrogens is 356 g/mol. The lowest BCUT2D eigenvalue weighted by Crippen LogP contribution is -2.24. The highest BCUT2D eigenvalue weighted by Gasteiger charge is 2.13. The molecule has 0 unspecified atom stereocenters. The number of hydrogen-bond donors (Lipinski definition) is 1. The first-order valence-corrected chi connectivity index (χ1v) is 9.59. The molecule has 27 heavy (non-hydrogen) atoms. The van der Waals surface area contributed by atoms with Crippen LogP contribution in [-0.4, -0.2) is 17.6 Å². The monoisotopic (exact) mass is 376 g/mol. The van der Waals surface area contributed by atoms with Crippen molar-refractivity contribution in [3.05, 3.63) is 82.7 Å². The summed E-state index contributed by atoms with van der Waals surface area (Å²) in [6.07, 6.45) is 0. The smallest absolute Gasteiger partial charge is 0.253 e. The van der Waals surface area contributed by atoms with Crippen LogP contribution in [0.5, 0.6) is 0 Å². The molecule has 3 aromatic rings. The molecule has 0 fully saturated rings. The van der Waals surface area contributed by atoms with Gasteiger partial charge in [-0.05, 0) is 38.1 Å². The molecule has 136 valence electrons.